The quantitative estimate of drug-likeness (QED) is 0.618. The van der Waals surface area contributed by atoms with Crippen LogP contribution in [0.15, 0.2) is 53.5 Å². The van der Waals surface area contributed by atoms with Crippen LogP contribution in [0, 0.1) is 6.92 Å². The maximum Gasteiger partial charge on any atom is 0.338 e. The van der Waals surface area contributed by atoms with Gasteiger partial charge in [-0.15, -0.1) is 0 Å². The third-order valence-electron chi connectivity index (χ3n) is 3.88. The summed E-state index contributed by atoms with van der Waals surface area (Å²) in [5, 5.41) is 3.06. The molecule has 0 aliphatic heterocycles. The predicted molar refractivity (Wildman–Crippen MR) is 107 cm³/mol. The third kappa shape index (κ3) is 4.27. The molecule has 0 aliphatic rings. The van der Waals surface area contributed by atoms with Crippen molar-refractivity contribution in [2.24, 2.45) is 0 Å². The molecular formula is C19H15Cl2N3O4. The van der Waals surface area contributed by atoms with Gasteiger partial charge in [-0.1, -0.05) is 29.3 Å². The minimum absolute atomic E-state index is 0.244. The van der Waals surface area contributed by atoms with E-state index in [1.54, 1.807) is 43.5 Å². The summed E-state index contributed by atoms with van der Waals surface area (Å²) in [5.41, 5.74) is 1.56. The van der Waals surface area contributed by atoms with Crippen molar-refractivity contribution in [2.45, 2.75) is 6.92 Å². The van der Waals surface area contributed by atoms with Crippen LogP contribution in [0.25, 0.3) is 5.69 Å². The summed E-state index contributed by atoms with van der Waals surface area (Å²) in [7, 11) is 0. The second-order valence-electron chi connectivity index (χ2n) is 5.84. The molecule has 7 nitrogen and oxygen atoms in total. The summed E-state index contributed by atoms with van der Waals surface area (Å²) in [6.45, 7) is 1.28. The second-order valence-corrected chi connectivity index (χ2v) is 6.65. The Balaban J connectivity index is 1.62. The van der Waals surface area contributed by atoms with Crippen molar-refractivity contribution in [1.82, 2.24) is 9.55 Å². The summed E-state index contributed by atoms with van der Waals surface area (Å²) in [5.74, 6) is -1.25. The normalized spacial score (nSPS) is 10.5. The maximum atomic E-state index is 12.1. The predicted octanol–water partition coefficient (Wildman–Crippen LogP) is 3.58. The van der Waals surface area contributed by atoms with Crippen LogP contribution in [0.4, 0.5) is 5.69 Å². The molecule has 144 valence electrons. The van der Waals surface area contributed by atoms with Crippen LogP contribution in [-0.2, 0) is 9.53 Å². The average molecular weight is 420 g/mol. The first kappa shape index (κ1) is 19.7. The molecule has 2 N–H and O–H groups in total. The minimum atomic E-state index is -0.676. The molecule has 0 aliphatic carbocycles. The van der Waals surface area contributed by atoms with E-state index in [4.69, 9.17) is 27.9 Å². The van der Waals surface area contributed by atoms with Gasteiger partial charge < -0.3 is 15.0 Å². The molecule has 9 heteroatoms. The van der Waals surface area contributed by atoms with E-state index in [0.717, 1.165) is 5.69 Å². The Morgan fingerprint density at radius 3 is 2.32 bits per heavy atom. The smallest absolute Gasteiger partial charge is 0.338 e. The van der Waals surface area contributed by atoms with Gasteiger partial charge in [0.05, 0.1) is 27.0 Å². The first-order valence-electron chi connectivity index (χ1n) is 8.15. The van der Waals surface area contributed by atoms with Gasteiger partial charge in [-0.2, -0.15) is 0 Å². The van der Waals surface area contributed by atoms with Crippen molar-refractivity contribution in [3.05, 3.63) is 80.4 Å². The van der Waals surface area contributed by atoms with Gasteiger partial charge in [-0.05, 0) is 43.3 Å². The first-order valence-corrected chi connectivity index (χ1v) is 8.91. The number of aromatic amines is 1. The lowest BCUT2D eigenvalue weighted by atomic mass is 10.2. The molecule has 0 unspecified atom stereocenters. The van der Waals surface area contributed by atoms with E-state index in [1.807, 2.05) is 0 Å². The molecule has 3 aromatic rings. The number of rotatable bonds is 5. The Bertz CT molecular complexity index is 1070. The standard InChI is InChI=1S/C19H15Cl2N3O4/c1-11-9-22-19(27)24(11)13-7-5-12(6-8-13)18(26)28-10-16(25)23-17-14(20)3-2-4-15(17)21/h2-9H,10H2,1H3,(H,22,27)(H,23,25). The number of imidazole rings is 1. The highest BCUT2D eigenvalue weighted by Crippen LogP contribution is 2.29. The Kier molecular flexibility index (Phi) is 5.87. The molecule has 1 heterocycles. The van der Waals surface area contributed by atoms with Gasteiger partial charge in [-0.25, -0.2) is 9.59 Å². The van der Waals surface area contributed by atoms with Crippen LogP contribution in [0.3, 0.4) is 0 Å². The number of benzene rings is 2. The summed E-state index contributed by atoms with van der Waals surface area (Å²) in [6, 6.07) is 11.1. The molecule has 0 radical (unpaired) electrons. The van der Waals surface area contributed by atoms with Crippen molar-refractivity contribution in [2.75, 3.05) is 11.9 Å². The van der Waals surface area contributed by atoms with Gasteiger partial charge in [0.2, 0.25) is 0 Å². The number of hydrogen-bond acceptors (Lipinski definition) is 4. The lowest BCUT2D eigenvalue weighted by Crippen LogP contribution is -2.21. The summed E-state index contributed by atoms with van der Waals surface area (Å²) < 4.78 is 6.48. The zero-order chi connectivity index (χ0) is 20.3. The number of ether oxygens (including phenoxy) is 1. The van der Waals surface area contributed by atoms with Gasteiger partial charge in [0.15, 0.2) is 6.61 Å². The van der Waals surface area contributed by atoms with Gasteiger partial charge in [0, 0.05) is 11.9 Å². The average Bonchev–Trinajstić information content (AvgIpc) is 3.01. The van der Waals surface area contributed by atoms with Crippen LogP contribution in [0.1, 0.15) is 16.1 Å². The first-order chi connectivity index (χ1) is 13.4. The maximum absolute atomic E-state index is 12.1. The highest BCUT2D eigenvalue weighted by atomic mass is 35.5. The number of H-pyrrole nitrogens is 1. The van der Waals surface area contributed by atoms with E-state index >= 15 is 0 Å². The van der Waals surface area contributed by atoms with Crippen molar-refractivity contribution < 1.29 is 14.3 Å². The Hall–Kier alpha value is -3.03. The Labute approximate surface area is 169 Å². The van der Waals surface area contributed by atoms with E-state index in [2.05, 4.69) is 10.3 Å². The Morgan fingerprint density at radius 1 is 1.11 bits per heavy atom. The second kappa shape index (κ2) is 8.33. The van der Waals surface area contributed by atoms with Crippen molar-refractivity contribution in [1.29, 1.82) is 0 Å². The molecule has 0 fully saturated rings. The number of para-hydroxylation sites is 1. The zero-order valence-corrected chi connectivity index (χ0v) is 16.2. The van der Waals surface area contributed by atoms with Crippen molar-refractivity contribution in [3.63, 3.8) is 0 Å². The molecule has 0 saturated carbocycles. The molecule has 0 atom stereocenters. The topological polar surface area (TPSA) is 93.2 Å². The molecule has 3 rings (SSSR count). The lowest BCUT2D eigenvalue weighted by Gasteiger charge is -2.10. The van der Waals surface area contributed by atoms with E-state index in [-0.39, 0.29) is 27.0 Å². The van der Waals surface area contributed by atoms with Gasteiger partial charge in [0.25, 0.3) is 5.91 Å². The van der Waals surface area contributed by atoms with Gasteiger partial charge in [0.1, 0.15) is 0 Å². The molecule has 0 saturated heterocycles. The largest absolute Gasteiger partial charge is 0.452 e. The number of esters is 1. The van der Waals surface area contributed by atoms with E-state index < -0.39 is 18.5 Å². The molecule has 2 aromatic carbocycles. The molecule has 28 heavy (non-hydrogen) atoms. The number of carbonyl (C=O) groups excluding carboxylic acids is 2. The van der Waals surface area contributed by atoms with Crippen LogP contribution in [-0.4, -0.2) is 28.0 Å². The van der Waals surface area contributed by atoms with Crippen LogP contribution >= 0.6 is 23.2 Å². The van der Waals surface area contributed by atoms with Crippen molar-refractivity contribution in [3.8, 4) is 5.69 Å². The Morgan fingerprint density at radius 2 is 1.75 bits per heavy atom. The third-order valence-corrected chi connectivity index (χ3v) is 4.51. The van der Waals surface area contributed by atoms with E-state index in [9.17, 15) is 14.4 Å². The lowest BCUT2D eigenvalue weighted by molar-refractivity contribution is -0.119. The van der Waals surface area contributed by atoms with Crippen LogP contribution < -0.4 is 11.0 Å². The summed E-state index contributed by atoms with van der Waals surface area (Å²) in [4.78, 5) is 38.5. The number of amides is 1. The highest BCUT2D eigenvalue weighted by Gasteiger charge is 2.14. The zero-order valence-electron chi connectivity index (χ0n) is 14.7. The van der Waals surface area contributed by atoms with E-state index in [1.165, 1.54) is 16.7 Å². The summed E-state index contributed by atoms with van der Waals surface area (Å²) >= 11 is 12.0. The number of nitrogens with zero attached hydrogens (tertiary/aromatic N) is 1. The number of carbonyl (C=O) groups is 2. The number of halogens is 2. The fraction of sp³-hybridized carbons (Fsp3) is 0.105. The number of aromatic nitrogens is 2. The van der Waals surface area contributed by atoms with E-state index in [0.29, 0.717) is 5.69 Å². The number of hydrogen-bond donors (Lipinski definition) is 2. The number of aryl methyl sites for hydroxylation is 1. The highest BCUT2D eigenvalue weighted by molar-refractivity contribution is 6.39. The van der Waals surface area contributed by atoms with Gasteiger partial charge in [-0.3, -0.25) is 9.36 Å². The molecule has 0 spiro atoms. The fourth-order valence-corrected chi connectivity index (χ4v) is 3.02. The van der Waals surface area contributed by atoms with Crippen LogP contribution in [0.5, 0.6) is 0 Å². The molecule has 0 bridgehead atoms. The van der Waals surface area contributed by atoms with Gasteiger partial charge >= 0.3 is 11.7 Å². The minimum Gasteiger partial charge on any atom is -0.452 e. The SMILES string of the molecule is Cc1c[nH]c(=O)n1-c1ccc(C(=O)OCC(=O)Nc2c(Cl)cccc2Cl)cc1. The molecular weight excluding hydrogens is 405 g/mol. The summed E-state index contributed by atoms with van der Waals surface area (Å²) in [6.07, 6.45) is 1.59. The number of nitrogens with one attached hydrogen (secondary N) is 2. The molecule has 1 amide bonds. The van der Waals surface area contributed by atoms with Crippen molar-refractivity contribution >= 4 is 40.8 Å². The molecule has 1 aromatic heterocycles. The monoisotopic (exact) mass is 419 g/mol. The van der Waals surface area contributed by atoms with Crippen LogP contribution in [0.2, 0.25) is 10.0 Å². The fourth-order valence-electron chi connectivity index (χ4n) is 2.53. The number of anilines is 1.